The number of rotatable bonds is 23. The lowest BCUT2D eigenvalue weighted by Gasteiger charge is -2.07. The number of hydrogen-bond acceptors (Lipinski definition) is 7. The van der Waals surface area contributed by atoms with Gasteiger partial charge in [0.25, 0.3) is 5.91 Å². The number of nitrogens with one attached hydrogen (secondary N) is 3. The normalized spacial score (nSPS) is 11.9. The summed E-state index contributed by atoms with van der Waals surface area (Å²) in [6.45, 7) is 3.22. The average molecular weight is 716 g/mol. The molecule has 0 aliphatic heterocycles. The SMILES string of the molecule is CCC=CCC=CCC=CCC=CCC=CCCCC(=O)NCCSSCCNC(=O)Oc1ccc(-c2nc3c(C(N)=O)cccc3[nH]2)cc1. The van der Waals surface area contributed by atoms with Gasteiger partial charge in [0.1, 0.15) is 17.1 Å². The fraction of sp³-hybridized carbons (Fsp3) is 0.333. The third-order valence-corrected chi connectivity index (χ3v) is 9.50. The summed E-state index contributed by atoms with van der Waals surface area (Å²) in [4.78, 5) is 43.6. The molecule has 0 spiro atoms. The van der Waals surface area contributed by atoms with Gasteiger partial charge in [0.15, 0.2) is 0 Å². The third-order valence-electron chi connectivity index (χ3n) is 7.09. The second-order valence-corrected chi connectivity index (χ2v) is 13.8. The van der Waals surface area contributed by atoms with Crippen LogP contribution < -0.4 is 21.1 Å². The number of primary amides is 1. The van der Waals surface area contributed by atoms with E-state index < -0.39 is 12.0 Å². The largest absolute Gasteiger partial charge is 0.412 e. The summed E-state index contributed by atoms with van der Waals surface area (Å²) in [5.74, 6) is 2.02. The van der Waals surface area contributed by atoms with Gasteiger partial charge in [-0.05, 0) is 81.3 Å². The van der Waals surface area contributed by atoms with Crippen LogP contribution in [0, 0.1) is 0 Å². The molecule has 0 unspecified atom stereocenters. The molecule has 2 aromatic carbocycles. The van der Waals surface area contributed by atoms with Crippen molar-refractivity contribution in [3.8, 4) is 17.1 Å². The van der Waals surface area contributed by atoms with Gasteiger partial charge in [-0.2, -0.15) is 0 Å². The van der Waals surface area contributed by atoms with Crippen LogP contribution in [0.15, 0.2) is 103 Å². The summed E-state index contributed by atoms with van der Waals surface area (Å²) < 4.78 is 5.37. The third kappa shape index (κ3) is 16.3. The van der Waals surface area contributed by atoms with Crippen LogP contribution in [-0.4, -0.2) is 52.5 Å². The number of unbranched alkanes of at least 4 members (excludes halogenated alkanes) is 1. The number of fused-ring (bicyclic) bond motifs is 1. The summed E-state index contributed by atoms with van der Waals surface area (Å²) in [6, 6.07) is 12.1. The smallest absolute Gasteiger partial charge is 0.410 e. The quantitative estimate of drug-likeness (QED) is 0.0437. The van der Waals surface area contributed by atoms with Gasteiger partial charge in [0.05, 0.1) is 11.1 Å². The molecule has 0 aliphatic carbocycles. The highest BCUT2D eigenvalue weighted by molar-refractivity contribution is 8.76. The molecule has 0 radical (unpaired) electrons. The number of H-pyrrole nitrogens is 1. The zero-order valence-corrected chi connectivity index (χ0v) is 30.4. The molecule has 0 saturated heterocycles. The van der Waals surface area contributed by atoms with E-state index in [4.69, 9.17) is 10.5 Å². The number of nitrogens with two attached hydrogens (primary N) is 1. The van der Waals surface area contributed by atoms with Crippen LogP contribution in [0.2, 0.25) is 0 Å². The van der Waals surface area contributed by atoms with Gasteiger partial charge >= 0.3 is 6.09 Å². The van der Waals surface area contributed by atoms with E-state index in [1.54, 1.807) is 58.0 Å². The average Bonchev–Trinajstić information content (AvgIpc) is 3.55. The van der Waals surface area contributed by atoms with E-state index >= 15 is 0 Å². The monoisotopic (exact) mass is 715 g/mol. The first kappa shape index (κ1) is 40.0. The van der Waals surface area contributed by atoms with Crippen LogP contribution >= 0.6 is 21.6 Å². The second-order valence-electron chi connectivity index (χ2n) is 11.1. The van der Waals surface area contributed by atoms with Gasteiger partial charge in [0, 0.05) is 36.6 Å². The van der Waals surface area contributed by atoms with Crippen LogP contribution in [0.3, 0.4) is 0 Å². The standard InChI is InChI=1S/C39H49N5O4S2/c1-2-3-4-5-6-7-8-9-10-11-12-13-14-15-16-17-18-22-35(45)41-27-29-49-50-30-28-42-39(47)48-32-25-23-31(24-26-32)38-43-34-21-19-20-33(37(40)46)36(34)44-38/h3-4,6-7,9-10,12-13,15-16,19-21,23-26H,2,5,8,11,14,17-18,22,27-30H2,1H3,(H2,40,46)(H,41,45)(H,42,47)(H,43,44). The Hall–Kier alpha value is -4.48. The minimum absolute atomic E-state index is 0.0789. The first-order valence-corrected chi connectivity index (χ1v) is 19.6. The van der Waals surface area contributed by atoms with Gasteiger partial charge in [-0.1, -0.05) is 95.3 Å². The number of nitrogens with zero attached hydrogens (tertiary/aromatic N) is 1. The summed E-state index contributed by atoms with van der Waals surface area (Å²) >= 11 is 0. The van der Waals surface area contributed by atoms with Crippen LogP contribution in [0.5, 0.6) is 5.75 Å². The van der Waals surface area contributed by atoms with Crippen molar-refractivity contribution in [3.05, 3.63) is 109 Å². The lowest BCUT2D eigenvalue weighted by molar-refractivity contribution is -0.121. The molecule has 3 rings (SSSR count). The maximum atomic E-state index is 12.2. The van der Waals surface area contributed by atoms with E-state index in [9.17, 15) is 14.4 Å². The van der Waals surface area contributed by atoms with Gasteiger partial charge in [0.2, 0.25) is 5.91 Å². The minimum Gasteiger partial charge on any atom is -0.410 e. The number of carbonyl (C=O) groups excluding carboxylic acids is 3. The molecule has 0 bridgehead atoms. The van der Waals surface area contributed by atoms with Crippen molar-refractivity contribution >= 4 is 50.5 Å². The molecule has 5 N–H and O–H groups in total. The Labute approximate surface area is 303 Å². The summed E-state index contributed by atoms with van der Waals surface area (Å²) in [5, 5.41) is 5.71. The van der Waals surface area contributed by atoms with Crippen LogP contribution in [0.4, 0.5) is 4.79 Å². The van der Waals surface area contributed by atoms with E-state index in [0.29, 0.717) is 53.4 Å². The van der Waals surface area contributed by atoms with Gasteiger partial charge in [-0.15, -0.1) is 0 Å². The van der Waals surface area contributed by atoms with Gasteiger partial charge in [-0.3, -0.25) is 9.59 Å². The zero-order valence-electron chi connectivity index (χ0n) is 28.8. The number of ether oxygens (including phenoxy) is 1. The number of benzene rings is 2. The predicted molar refractivity (Wildman–Crippen MR) is 210 cm³/mol. The summed E-state index contributed by atoms with van der Waals surface area (Å²) in [7, 11) is 3.28. The topological polar surface area (TPSA) is 139 Å². The van der Waals surface area contributed by atoms with Crippen molar-refractivity contribution in [2.45, 2.75) is 58.3 Å². The Morgan fingerprint density at radius 2 is 1.40 bits per heavy atom. The fourth-order valence-corrected chi connectivity index (χ4v) is 6.39. The number of amides is 3. The Morgan fingerprint density at radius 1 is 0.800 bits per heavy atom. The zero-order chi connectivity index (χ0) is 35.7. The van der Waals surface area contributed by atoms with Gasteiger partial charge in [-0.25, -0.2) is 9.78 Å². The number of allylic oxidation sites excluding steroid dienone is 10. The molecule has 50 heavy (non-hydrogen) atoms. The maximum absolute atomic E-state index is 12.2. The van der Waals surface area contributed by atoms with Gasteiger partial charge < -0.3 is 26.1 Å². The first-order chi connectivity index (χ1) is 24.5. The second kappa shape index (κ2) is 24.6. The molecule has 266 valence electrons. The molecule has 1 aromatic heterocycles. The molecule has 0 fully saturated rings. The number of hydrogen-bond donors (Lipinski definition) is 4. The first-order valence-electron chi connectivity index (χ1n) is 17.1. The fourth-order valence-electron chi connectivity index (χ4n) is 4.57. The lowest BCUT2D eigenvalue weighted by Crippen LogP contribution is -2.28. The van der Waals surface area contributed by atoms with Crippen molar-refractivity contribution in [2.75, 3.05) is 24.6 Å². The van der Waals surface area contributed by atoms with Crippen molar-refractivity contribution in [3.63, 3.8) is 0 Å². The lowest BCUT2D eigenvalue weighted by atomic mass is 10.2. The van der Waals surface area contributed by atoms with Crippen LogP contribution in [-0.2, 0) is 4.79 Å². The van der Waals surface area contributed by atoms with E-state index in [2.05, 4.69) is 88.3 Å². The molecule has 0 aliphatic rings. The van der Waals surface area contributed by atoms with Crippen LogP contribution in [0.25, 0.3) is 22.4 Å². The highest BCUT2D eigenvalue weighted by Crippen LogP contribution is 2.25. The molecule has 0 saturated carbocycles. The summed E-state index contributed by atoms with van der Waals surface area (Å²) in [6.07, 6.45) is 28.5. The molecular formula is C39H49N5O4S2. The molecule has 3 amide bonds. The van der Waals surface area contributed by atoms with E-state index in [0.717, 1.165) is 56.3 Å². The Morgan fingerprint density at radius 3 is 2.02 bits per heavy atom. The molecule has 0 atom stereocenters. The molecule has 1 heterocycles. The summed E-state index contributed by atoms with van der Waals surface area (Å²) in [5.41, 5.74) is 7.80. The molecule has 3 aromatic rings. The van der Waals surface area contributed by atoms with E-state index in [-0.39, 0.29) is 5.91 Å². The maximum Gasteiger partial charge on any atom is 0.412 e. The minimum atomic E-state index is -0.538. The number of para-hydroxylation sites is 1. The predicted octanol–water partition coefficient (Wildman–Crippen LogP) is 8.84. The molecule has 11 heteroatoms. The highest BCUT2D eigenvalue weighted by atomic mass is 33.1. The Kier molecular flexibility index (Phi) is 19.7. The van der Waals surface area contributed by atoms with Crippen molar-refractivity contribution in [2.24, 2.45) is 5.73 Å². The van der Waals surface area contributed by atoms with Crippen LogP contribution in [0.1, 0.15) is 68.6 Å². The number of imidazole rings is 1. The molecule has 9 nitrogen and oxygen atoms in total. The van der Waals surface area contributed by atoms with Crippen molar-refractivity contribution in [1.82, 2.24) is 20.6 Å². The van der Waals surface area contributed by atoms with E-state index in [1.807, 2.05) is 6.07 Å². The van der Waals surface area contributed by atoms with Crippen molar-refractivity contribution < 1.29 is 19.1 Å². The number of aromatic nitrogens is 2. The number of aromatic amines is 1. The highest BCUT2D eigenvalue weighted by Gasteiger charge is 2.12. The van der Waals surface area contributed by atoms with Crippen molar-refractivity contribution in [1.29, 1.82) is 0 Å². The number of carbonyl (C=O) groups is 3. The molecular weight excluding hydrogens is 667 g/mol. The Balaban J connectivity index is 1.14. The van der Waals surface area contributed by atoms with E-state index in [1.165, 1.54) is 0 Å². The Bertz CT molecular complexity index is 1630.